The van der Waals surface area contributed by atoms with Crippen molar-refractivity contribution in [1.82, 2.24) is 5.32 Å². The first kappa shape index (κ1) is 15.1. The molecule has 0 spiro atoms. The van der Waals surface area contributed by atoms with Crippen molar-refractivity contribution in [2.24, 2.45) is 5.41 Å². The van der Waals surface area contributed by atoms with Gasteiger partial charge in [0, 0.05) is 11.1 Å². The van der Waals surface area contributed by atoms with Crippen molar-refractivity contribution >= 4 is 35.1 Å². The van der Waals surface area contributed by atoms with Gasteiger partial charge in [0.2, 0.25) is 0 Å². The Hall–Kier alpha value is -1.26. The van der Waals surface area contributed by atoms with Crippen LogP contribution in [0.2, 0.25) is 10.0 Å². The van der Waals surface area contributed by atoms with Gasteiger partial charge in [0.05, 0.1) is 16.0 Å². The first-order chi connectivity index (χ1) is 9.34. The molecule has 0 radical (unpaired) electrons. The van der Waals surface area contributed by atoms with Crippen LogP contribution in [0, 0.1) is 5.41 Å². The van der Waals surface area contributed by atoms with Crippen molar-refractivity contribution in [3.63, 3.8) is 0 Å². The lowest BCUT2D eigenvalue weighted by Gasteiger charge is -2.27. The van der Waals surface area contributed by atoms with E-state index in [1.165, 1.54) is 12.1 Å². The molecule has 0 saturated heterocycles. The topological polar surface area (TPSA) is 66.4 Å². The number of rotatable bonds is 3. The van der Waals surface area contributed by atoms with Gasteiger partial charge in [-0.05, 0) is 38.0 Å². The second-order valence-electron chi connectivity index (χ2n) is 5.27. The molecule has 2 unspecified atom stereocenters. The maximum Gasteiger partial charge on any atom is 0.311 e. The number of nitrogens with one attached hydrogen (secondary N) is 1. The molecule has 2 atom stereocenters. The van der Waals surface area contributed by atoms with Crippen LogP contribution in [0.1, 0.15) is 36.5 Å². The molecule has 4 nitrogen and oxygen atoms in total. The lowest BCUT2D eigenvalue weighted by Crippen LogP contribution is -2.47. The molecule has 1 aromatic carbocycles. The molecule has 1 aliphatic rings. The number of halogens is 2. The van der Waals surface area contributed by atoms with E-state index in [0.29, 0.717) is 23.4 Å². The van der Waals surface area contributed by atoms with Crippen LogP contribution in [-0.2, 0) is 4.79 Å². The minimum Gasteiger partial charge on any atom is -0.481 e. The third-order valence-electron chi connectivity index (χ3n) is 3.93. The fraction of sp³-hybridized carbons (Fsp3) is 0.429. The standard InChI is InChI=1S/C14H15Cl2NO3/c1-14(13(19)20)6-2-3-11(14)17-12(18)9-5-4-8(15)7-10(9)16/h4-5,7,11H,2-3,6H2,1H3,(H,17,18)(H,19,20). The smallest absolute Gasteiger partial charge is 0.311 e. The summed E-state index contributed by atoms with van der Waals surface area (Å²) in [5.41, 5.74) is -0.620. The zero-order valence-electron chi connectivity index (χ0n) is 11.0. The Morgan fingerprint density at radius 1 is 1.40 bits per heavy atom. The normalized spacial score (nSPS) is 25.4. The third-order valence-corrected chi connectivity index (χ3v) is 4.48. The molecule has 1 amide bonds. The first-order valence-corrected chi connectivity index (χ1v) is 7.09. The molecule has 1 saturated carbocycles. The van der Waals surface area contributed by atoms with E-state index in [4.69, 9.17) is 23.2 Å². The molecule has 108 valence electrons. The Bertz CT molecular complexity index is 561. The molecule has 1 aliphatic carbocycles. The van der Waals surface area contributed by atoms with Gasteiger partial charge in [0.1, 0.15) is 0 Å². The molecule has 6 heteroatoms. The summed E-state index contributed by atoms with van der Waals surface area (Å²) in [5, 5.41) is 12.8. The highest BCUT2D eigenvalue weighted by molar-refractivity contribution is 6.36. The van der Waals surface area contributed by atoms with Crippen LogP contribution >= 0.6 is 23.2 Å². The van der Waals surface area contributed by atoms with Gasteiger partial charge in [-0.25, -0.2) is 0 Å². The van der Waals surface area contributed by atoms with Crippen molar-refractivity contribution in [2.45, 2.75) is 32.2 Å². The molecule has 0 bridgehead atoms. The van der Waals surface area contributed by atoms with Crippen LogP contribution in [0.3, 0.4) is 0 Å². The monoisotopic (exact) mass is 315 g/mol. The molecule has 2 N–H and O–H groups in total. The van der Waals surface area contributed by atoms with Crippen molar-refractivity contribution in [1.29, 1.82) is 0 Å². The van der Waals surface area contributed by atoms with Crippen LogP contribution in [0.15, 0.2) is 18.2 Å². The van der Waals surface area contributed by atoms with Crippen LogP contribution in [0.25, 0.3) is 0 Å². The lowest BCUT2D eigenvalue weighted by molar-refractivity contribution is -0.148. The van der Waals surface area contributed by atoms with Crippen molar-refractivity contribution in [3.05, 3.63) is 33.8 Å². The summed E-state index contributed by atoms with van der Waals surface area (Å²) in [7, 11) is 0. The first-order valence-electron chi connectivity index (χ1n) is 6.34. The summed E-state index contributed by atoms with van der Waals surface area (Å²) in [6, 6.07) is 4.21. The van der Waals surface area contributed by atoms with E-state index in [0.717, 1.165) is 6.42 Å². The highest BCUT2D eigenvalue weighted by Crippen LogP contribution is 2.38. The molecule has 0 heterocycles. The van der Waals surface area contributed by atoms with Crippen molar-refractivity contribution in [3.8, 4) is 0 Å². The van der Waals surface area contributed by atoms with E-state index >= 15 is 0 Å². The quantitative estimate of drug-likeness (QED) is 0.898. The fourth-order valence-electron chi connectivity index (χ4n) is 2.56. The SMILES string of the molecule is CC1(C(=O)O)CCCC1NC(=O)c1ccc(Cl)cc1Cl. The van der Waals surface area contributed by atoms with Gasteiger partial charge >= 0.3 is 5.97 Å². The molecule has 0 aromatic heterocycles. The molecular formula is C14H15Cl2NO3. The van der Waals surface area contributed by atoms with Gasteiger partial charge in [-0.3, -0.25) is 9.59 Å². The average Bonchev–Trinajstić information content (AvgIpc) is 2.72. The zero-order valence-corrected chi connectivity index (χ0v) is 12.5. The van der Waals surface area contributed by atoms with E-state index in [1.807, 2.05) is 0 Å². The summed E-state index contributed by atoms with van der Waals surface area (Å²) < 4.78 is 0. The number of carbonyl (C=O) groups is 2. The molecular weight excluding hydrogens is 301 g/mol. The highest BCUT2D eigenvalue weighted by Gasteiger charge is 2.46. The fourth-order valence-corrected chi connectivity index (χ4v) is 3.06. The predicted octanol–water partition coefficient (Wildman–Crippen LogP) is 3.37. The summed E-state index contributed by atoms with van der Waals surface area (Å²) >= 11 is 11.8. The zero-order chi connectivity index (χ0) is 14.9. The second-order valence-corrected chi connectivity index (χ2v) is 6.11. The summed E-state index contributed by atoms with van der Waals surface area (Å²) in [4.78, 5) is 23.6. The van der Waals surface area contributed by atoms with Crippen molar-refractivity contribution in [2.75, 3.05) is 0 Å². The molecule has 1 aromatic rings. The number of carboxylic acid groups (broad SMARTS) is 1. The highest BCUT2D eigenvalue weighted by atomic mass is 35.5. The maximum absolute atomic E-state index is 12.2. The number of aliphatic carboxylic acids is 1. The van der Waals surface area contributed by atoms with Gasteiger partial charge < -0.3 is 10.4 Å². The van der Waals surface area contributed by atoms with Gasteiger partial charge in [-0.2, -0.15) is 0 Å². The Morgan fingerprint density at radius 3 is 2.70 bits per heavy atom. The van der Waals surface area contributed by atoms with Crippen molar-refractivity contribution < 1.29 is 14.7 Å². The average molecular weight is 316 g/mol. The Labute approximate surface area is 127 Å². The number of carboxylic acids is 1. The summed E-state index contributed by atoms with van der Waals surface area (Å²) in [5.74, 6) is -1.26. The molecule has 2 rings (SSSR count). The van der Waals surface area contributed by atoms with Crippen LogP contribution in [0.5, 0.6) is 0 Å². The molecule has 20 heavy (non-hydrogen) atoms. The predicted molar refractivity (Wildman–Crippen MR) is 77.3 cm³/mol. The second kappa shape index (κ2) is 5.62. The number of hydrogen-bond acceptors (Lipinski definition) is 2. The minimum absolute atomic E-state index is 0.255. The van der Waals surface area contributed by atoms with Crippen LogP contribution in [0.4, 0.5) is 0 Å². The largest absolute Gasteiger partial charge is 0.481 e. The van der Waals surface area contributed by atoms with Crippen LogP contribution in [-0.4, -0.2) is 23.0 Å². The Kier molecular flexibility index (Phi) is 4.25. The number of benzene rings is 1. The van der Waals surface area contributed by atoms with E-state index in [9.17, 15) is 14.7 Å². The van der Waals surface area contributed by atoms with Crippen LogP contribution < -0.4 is 5.32 Å². The van der Waals surface area contributed by atoms with E-state index in [-0.39, 0.29) is 17.0 Å². The van der Waals surface area contributed by atoms with Gasteiger partial charge in [0.25, 0.3) is 5.91 Å². The Morgan fingerprint density at radius 2 is 2.10 bits per heavy atom. The van der Waals surface area contributed by atoms with E-state index < -0.39 is 11.4 Å². The maximum atomic E-state index is 12.2. The Balaban J connectivity index is 2.17. The van der Waals surface area contributed by atoms with Gasteiger partial charge in [-0.15, -0.1) is 0 Å². The van der Waals surface area contributed by atoms with E-state index in [1.54, 1.807) is 13.0 Å². The number of amides is 1. The minimum atomic E-state index is -0.922. The lowest BCUT2D eigenvalue weighted by atomic mass is 9.85. The van der Waals surface area contributed by atoms with E-state index in [2.05, 4.69) is 5.32 Å². The molecule has 0 aliphatic heterocycles. The molecule has 1 fully saturated rings. The third kappa shape index (κ3) is 2.76. The number of carbonyl (C=O) groups excluding carboxylic acids is 1. The van der Waals surface area contributed by atoms with Gasteiger partial charge in [-0.1, -0.05) is 29.6 Å². The van der Waals surface area contributed by atoms with Gasteiger partial charge in [0.15, 0.2) is 0 Å². The summed E-state index contributed by atoms with van der Waals surface area (Å²) in [6.07, 6.45) is 1.99. The summed E-state index contributed by atoms with van der Waals surface area (Å²) in [6.45, 7) is 1.66. The number of hydrogen-bond donors (Lipinski definition) is 2.